The van der Waals surface area contributed by atoms with Gasteiger partial charge in [0.05, 0.1) is 9.90 Å². The molecule has 0 aromatic carbocycles. The highest BCUT2D eigenvalue weighted by atomic mass is 35.5. The average Bonchev–Trinajstić information content (AvgIpc) is 3.06. The number of hydrogen-bond donors (Lipinski definition) is 1. The van der Waals surface area contributed by atoms with Gasteiger partial charge in [0.25, 0.3) is 5.56 Å². The molecule has 7 nitrogen and oxygen atoms in total. The van der Waals surface area contributed by atoms with Crippen molar-refractivity contribution in [3.8, 4) is 0 Å². The molecular formula is C11H9Cl2N5O2S2. The van der Waals surface area contributed by atoms with Crippen LogP contribution in [0.4, 0.5) is 0 Å². The molecule has 116 valence electrons. The minimum atomic E-state index is -0.419. The maximum absolute atomic E-state index is 12.1. The summed E-state index contributed by atoms with van der Waals surface area (Å²) in [6.45, 7) is 0. The normalized spacial score (nSPS) is 11.5. The topological polar surface area (TPSA) is 85.6 Å². The molecule has 0 saturated heterocycles. The fourth-order valence-electron chi connectivity index (χ4n) is 1.89. The number of fused-ring (bicyclic) bond motifs is 1. The van der Waals surface area contributed by atoms with Crippen LogP contribution in [0.2, 0.25) is 10.2 Å². The molecule has 22 heavy (non-hydrogen) atoms. The lowest BCUT2D eigenvalue weighted by atomic mass is 10.5. The smallest absolute Gasteiger partial charge is 0.327 e. The van der Waals surface area contributed by atoms with Gasteiger partial charge < -0.3 is 4.98 Å². The second-order valence-corrected chi connectivity index (χ2v) is 7.00. The van der Waals surface area contributed by atoms with Crippen LogP contribution in [-0.2, 0) is 19.8 Å². The highest BCUT2D eigenvalue weighted by Crippen LogP contribution is 2.33. The Balaban J connectivity index is 1.98. The van der Waals surface area contributed by atoms with Crippen molar-refractivity contribution in [1.82, 2.24) is 23.5 Å². The van der Waals surface area contributed by atoms with Gasteiger partial charge in [-0.2, -0.15) is 4.37 Å². The summed E-state index contributed by atoms with van der Waals surface area (Å²) in [4.78, 5) is 32.0. The van der Waals surface area contributed by atoms with Gasteiger partial charge in [-0.15, -0.1) is 0 Å². The number of aromatic amines is 1. The molecule has 3 aromatic heterocycles. The van der Waals surface area contributed by atoms with Gasteiger partial charge in [0.2, 0.25) is 0 Å². The number of nitrogens with one attached hydrogen (secondary N) is 1. The third kappa shape index (κ3) is 2.47. The number of aryl methyl sites for hydroxylation is 1. The van der Waals surface area contributed by atoms with Crippen LogP contribution in [0.5, 0.6) is 0 Å². The summed E-state index contributed by atoms with van der Waals surface area (Å²) < 4.78 is 6.32. The largest absolute Gasteiger partial charge is 0.332 e. The third-order valence-electron chi connectivity index (χ3n) is 3.07. The Kier molecular flexibility index (Phi) is 4.06. The molecular weight excluding hydrogens is 369 g/mol. The minimum Gasteiger partial charge on any atom is -0.327 e. The van der Waals surface area contributed by atoms with Crippen molar-refractivity contribution in [3.05, 3.63) is 35.9 Å². The van der Waals surface area contributed by atoms with Crippen LogP contribution in [0.1, 0.15) is 4.88 Å². The van der Waals surface area contributed by atoms with Gasteiger partial charge in [0, 0.05) is 19.8 Å². The molecule has 3 rings (SSSR count). The number of hydrogen-bond acceptors (Lipinski definition) is 6. The van der Waals surface area contributed by atoms with Gasteiger partial charge in [0.1, 0.15) is 0 Å². The van der Waals surface area contributed by atoms with Gasteiger partial charge in [-0.05, 0) is 11.5 Å². The van der Waals surface area contributed by atoms with Crippen molar-refractivity contribution in [2.24, 2.45) is 14.1 Å². The van der Waals surface area contributed by atoms with Gasteiger partial charge in [-0.25, -0.2) is 9.78 Å². The van der Waals surface area contributed by atoms with Gasteiger partial charge in [-0.3, -0.25) is 13.9 Å². The Morgan fingerprint density at radius 3 is 2.64 bits per heavy atom. The fraction of sp³-hybridized carbons (Fsp3) is 0.273. The van der Waals surface area contributed by atoms with Crippen molar-refractivity contribution >= 4 is 57.7 Å². The molecule has 0 aliphatic carbocycles. The zero-order valence-electron chi connectivity index (χ0n) is 11.4. The van der Waals surface area contributed by atoms with Crippen LogP contribution >= 0.6 is 46.5 Å². The van der Waals surface area contributed by atoms with E-state index in [9.17, 15) is 9.59 Å². The Morgan fingerprint density at radius 2 is 2.00 bits per heavy atom. The number of halogens is 2. The highest BCUT2D eigenvalue weighted by Gasteiger charge is 2.15. The standard InChI is InChI=1S/C11H9Cl2N5O2S2/c1-17-8-6(9(19)18(2)11(17)20)14-10(15-8)21-3-4-5(12)7(13)16-22-4/h3H2,1-2H3,(H,14,15). The summed E-state index contributed by atoms with van der Waals surface area (Å²) in [5, 5.41) is 1.23. The molecule has 11 heteroatoms. The van der Waals surface area contributed by atoms with E-state index in [0.717, 1.165) is 9.44 Å². The molecule has 0 bridgehead atoms. The van der Waals surface area contributed by atoms with Crippen LogP contribution in [-0.4, -0.2) is 23.5 Å². The molecule has 0 fully saturated rings. The first kappa shape index (κ1) is 15.6. The Bertz CT molecular complexity index is 987. The molecule has 0 aliphatic heterocycles. The van der Waals surface area contributed by atoms with Crippen molar-refractivity contribution in [1.29, 1.82) is 0 Å². The van der Waals surface area contributed by atoms with Gasteiger partial charge >= 0.3 is 5.69 Å². The molecule has 3 aromatic rings. The zero-order chi connectivity index (χ0) is 16.0. The van der Waals surface area contributed by atoms with E-state index in [2.05, 4.69) is 14.3 Å². The first-order valence-corrected chi connectivity index (χ1v) is 8.49. The molecule has 0 aliphatic rings. The van der Waals surface area contributed by atoms with E-state index in [4.69, 9.17) is 23.2 Å². The lowest BCUT2D eigenvalue weighted by Crippen LogP contribution is -2.36. The molecule has 0 amide bonds. The molecule has 0 atom stereocenters. The Hall–Kier alpha value is -1.29. The highest BCUT2D eigenvalue weighted by molar-refractivity contribution is 7.98. The fourth-order valence-corrected chi connectivity index (χ4v) is 4.09. The van der Waals surface area contributed by atoms with E-state index in [1.54, 1.807) is 7.05 Å². The van der Waals surface area contributed by atoms with Crippen molar-refractivity contribution in [3.63, 3.8) is 0 Å². The van der Waals surface area contributed by atoms with Crippen LogP contribution in [0.15, 0.2) is 14.7 Å². The lowest BCUT2D eigenvalue weighted by Gasteiger charge is -2.00. The molecule has 0 radical (unpaired) electrons. The Labute approximate surface area is 142 Å². The third-order valence-corrected chi connectivity index (χ3v) is 5.99. The van der Waals surface area contributed by atoms with E-state index in [1.165, 1.54) is 34.9 Å². The minimum absolute atomic E-state index is 0.281. The van der Waals surface area contributed by atoms with E-state index >= 15 is 0 Å². The molecule has 3 heterocycles. The van der Waals surface area contributed by atoms with E-state index < -0.39 is 11.2 Å². The van der Waals surface area contributed by atoms with Crippen LogP contribution in [0.25, 0.3) is 11.2 Å². The number of imidazole rings is 1. The molecule has 0 spiro atoms. The first-order chi connectivity index (χ1) is 10.4. The van der Waals surface area contributed by atoms with Crippen molar-refractivity contribution in [2.45, 2.75) is 10.9 Å². The summed E-state index contributed by atoms with van der Waals surface area (Å²) in [6.07, 6.45) is 0. The van der Waals surface area contributed by atoms with Gasteiger partial charge in [0.15, 0.2) is 21.5 Å². The maximum atomic E-state index is 12.1. The second kappa shape index (κ2) is 5.73. The van der Waals surface area contributed by atoms with Crippen LogP contribution in [0.3, 0.4) is 0 Å². The first-order valence-electron chi connectivity index (χ1n) is 5.98. The number of aromatic nitrogens is 5. The summed E-state index contributed by atoms with van der Waals surface area (Å²) in [5.74, 6) is 0.511. The predicted octanol–water partition coefficient (Wildman–Crippen LogP) is 2.02. The average molecular weight is 378 g/mol. The number of thioether (sulfide) groups is 1. The van der Waals surface area contributed by atoms with E-state index in [-0.39, 0.29) is 5.15 Å². The summed E-state index contributed by atoms with van der Waals surface area (Å²) in [5.41, 5.74) is -0.210. The number of H-pyrrole nitrogens is 1. The van der Waals surface area contributed by atoms with Crippen LogP contribution < -0.4 is 11.2 Å². The number of nitrogens with zero attached hydrogens (tertiary/aromatic N) is 4. The Morgan fingerprint density at radius 1 is 1.27 bits per heavy atom. The van der Waals surface area contributed by atoms with E-state index in [0.29, 0.717) is 27.1 Å². The summed E-state index contributed by atoms with van der Waals surface area (Å²) >= 11 is 14.4. The van der Waals surface area contributed by atoms with E-state index in [1.807, 2.05) is 0 Å². The zero-order valence-corrected chi connectivity index (χ0v) is 14.5. The predicted molar refractivity (Wildman–Crippen MR) is 88.3 cm³/mol. The maximum Gasteiger partial charge on any atom is 0.332 e. The molecule has 0 saturated carbocycles. The second-order valence-electron chi connectivity index (χ2n) is 4.45. The summed E-state index contributed by atoms with van der Waals surface area (Å²) in [7, 11) is 3.00. The van der Waals surface area contributed by atoms with Crippen LogP contribution in [0, 0.1) is 0 Å². The van der Waals surface area contributed by atoms with Crippen molar-refractivity contribution in [2.75, 3.05) is 0 Å². The SMILES string of the molecule is Cn1c(=O)c2[nH]c(SCc3snc(Cl)c3Cl)nc2n(C)c1=O. The van der Waals surface area contributed by atoms with Crippen molar-refractivity contribution < 1.29 is 0 Å². The monoisotopic (exact) mass is 377 g/mol. The lowest BCUT2D eigenvalue weighted by molar-refractivity contribution is 0.708. The number of rotatable bonds is 3. The molecule has 0 unspecified atom stereocenters. The summed E-state index contributed by atoms with van der Waals surface area (Å²) in [6, 6.07) is 0. The quantitative estimate of drug-likeness (QED) is 0.705. The van der Waals surface area contributed by atoms with Gasteiger partial charge in [-0.1, -0.05) is 35.0 Å². The molecule has 1 N–H and O–H groups in total.